The number of nitrogens with zero attached hydrogens (tertiary/aromatic N) is 1. The maximum absolute atomic E-state index is 9.23. The van der Waals surface area contributed by atoms with Crippen LogP contribution in [0.5, 0.6) is 0 Å². The third kappa shape index (κ3) is 2.53. The Balaban J connectivity index is 2.78. The SMILES string of the molecule is CC(C)C(CO)C(N)c1ccncc1. The molecule has 0 aliphatic heterocycles. The van der Waals surface area contributed by atoms with Crippen LogP contribution >= 0.6 is 0 Å². The Kier molecular flexibility index (Phi) is 4.04. The van der Waals surface area contributed by atoms with Gasteiger partial charge in [0.15, 0.2) is 0 Å². The molecule has 0 aliphatic rings. The van der Waals surface area contributed by atoms with Gasteiger partial charge in [-0.15, -0.1) is 0 Å². The normalized spacial score (nSPS) is 15.5. The Bertz CT molecular complexity index is 261. The molecule has 1 heterocycles. The molecule has 14 heavy (non-hydrogen) atoms. The minimum atomic E-state index is -0.108. The van der Waals surface area contributed by atoms with E-state index in [0.29, 0.717) is 5.92 Å². The number of hydrogen-bond donors (Lipinski definition) is 2. The van der Waals surface area contributed by atoms with Crippen LogP contribution in [0.3, 0.4) is 0 Å². The molecule has 0 radical (unpaired) electrons. The molecule has 1 rings (SSSR count). The average molecular weight is 194 g/mol. The predicted octanol–water partition coefficient (Wildman–Crippen LogP) is 1.35. The van der Waals surface area contributed by atoms with Crippen LogP contribution in [0.15, 0.2) is 24.5 Å². The first-order chi connectivity index (χ1) is 6.66. The van der Waals surface area contributed by atoms with Gasteiger partial charge in [0, 0.05) is 31.0 Å². The smallest absolute Gasteiger partial charge is 0.0479 e. The summed E-state index contributed by atoms with van der Waals surface area (Å²) in [5.41, 5.74) is 7.10. The zero-order valence-corrected chi connectivity index (χ0v) is 8.72. The van der Waals surface area contributed by atoms with Crippen LogP contribution in [0.25, 0.3) is 0 Å². The summed E-state index contributed by atoms with van der Waals surface area (Å²) in [6, 6.07) is 3.69. The van der Waals surface area contributed by atoms with Gasteiger partial charge in [-0.2, -0.15) is 0 Å². The molecule has 0 bridgehead atoms. The first-order valence-corrected chi connectivity index (χ1v) is 4.93. The van der Waals surface area contributed by atoms with E-state index in [1.54, 1.807) is 12.4 Å². The fourth-order valence-electron chi connectivity index (χ4n) is 1.57. The predicted molar refractivity (Wildman–Crippen MR) is 56.6 cm³/mol. The van der Waals surface area contributed by atoms with Crippen molar-refractivity contribution in [1.82, 2.24) is 4.98 Å². The van der Waals surface area contributed by atoms with Crippen molar-refractivity contribution in [3.8, 4) is 0 Å². The molecule has 3 nitrogen and oxygen atoms in total. The van der Waals surface area contributed by atoms with Crippen molar-refractivity contribution in [1.29, 1.82) is 0 Å². The minimum absolute atomic E-state index is 0.108. The van der Waals surface area contributed by atoms with Crippen LogP contribution in [0.1, 0.15) is 25.5 Å². The van der Waals surface area contributed by atoms with E-state index < -0.39 is 0 Å². The number of aliphatic hydroxyl groups excluding tert-OH is 1. The number of nitrogens with two attached hydrogens (primary N) is 1. The summed E-state index contributed by atoms with van der Waals surface area (Å²) in [5, 5.41) is 9.23. The zero-order chi connectivity index (χ0) is 10.6. The molecule has 3 heteroatoms. The number of aromatic nitrogens is 1. The van der Waals surface area contributed by atoms with Gasteiger partial charge < -0.3 is 10.8 Å². The maximum atomic E-state index is 9.23. The average Bonchev–Trinajstić information content (AvgIpc) is 2.19. The molecule has 0 saturated heterocycles. The van der Waals surface area contributed by atoms with E-state index in [-0.39, 0.29) is 18.6 Å². The molecule has 78 valence electrons. The van der Waals surface area contributed by atoms with Crippen molar-refractivity contribution in [3.63, 3.8) is 0 Å². The maximum Gasteiger partial charge on any atom is 0.0479 e. The van der Waals surface area contributed by atoms with Crippen LogP contribution in [-0.4, -0.2) is 16.7 Å². The minimum Gasteiger partial charge on any atom is -0.396 e. The van der Waals surface area contributed by atoms with Crippen molar-refractivity contribution in [2.75, 3.05) is 6.61 Å². The van der Waals surface area contributed by atoms with Crippen LogP contribution in [0.2, 0.25) is 0 Å². The molecule has 0 aliphatic carbocycles. The lowest BCUT2D eigenvalue weighted by molar-refractivity contribution is 0.166. The number of hydrogen-bond acceptors (Lipinski definition) is 3. The summed E-state index contributed by atoms with van der Waals surface area (Å²) in [4.78, 5) is 3.94. The van der Waals surface area contributed by atoms with E-state index in [0.717, 1.165) is 5.56 Å². The number of aliphatic hydroxyl groups is 1. The van der Waals surface area contributed by atoms with Gasteiger partial charge in [0.1, 0.15) is 0 Å². The fourth-order valence-corrected chi connectivity index (χ4v) is 1.57. The van der Waals surface area contributed by atoms with E-state index in [9.17, 15) is 5.11 Å². The van der Waals surface area contributed by atoms with Gasteiger partial charge in [0.05, 0.1) is 0 Å². The first kappa shape index (κ1) is 11.1. The van der Waals surface area contributed by atoms with Crippen molar-refractivity contribution in [2.45, 2.75) is 19.9 Å². The largest absolute Gasteiger partial charge is 0.396 e. The molecule has 0 saturated carbocycles. The van der Waals surface area contributed by atoms with Gasteiger partial charge in [0.2, 0.25) is 0 Å². The van der Waals surface area contributed by atoms with Crippen molar-refractivity contribution >= 4 is 0 Å². The molecular formula is C11H18N2O. The van der Waals surface area contributed by atoms with Gasteiger partial charge in [-0.1, -0.05) is 13.8 Å². The Labute approximate surface area is 85.0 Å². The van der Waals surface area contributed by atoms with Gasteiger partial charge in [-0.25, -0.2) is 0 Å². The molecule has 0 aromatic carbocycles. The third-order valence-corrected chi connectivity index (χ3v) is 2.62. The molecular weight excluding hydrogens is 176 g/mol. The van der Waals surface area contributed by atoms with Gasteiger partial charge in [0.25, 0.3) is 0 Å². The number of pyridine rings is 1. The molecule has 2 unspecified atom stereocenters. The summed E-state index contributed by atoms with van der Waals surface area (Å²) in [5.74, 6) is 0.487. The summed E-state index contributed by atoms with van der Waals surface area (Å²) >= 11 is 0. The second kappa shape index (κ2) is 5.08. The van der Waals surface area contributed by atoms with E-state index in [1.807, 2.05) is 12.1 Å². The quantitative estimate of drug-likeness (QED) is 0.760. The summed E-state index contributed by atoms with van der Waals surface area (Å²) in [6.07, 6.45) is 3.45. The molecule has 0 fully saturated rings. The Morgan fingerprint density at radius 1 is 1.36 bits per heavy atom. The Hall–Kier alpha value is -0.930. The standard InChI is InChI=1S/C11H18N2O/c1-8(2)10(7-14)11(12)9-3-5-13-6-4-9/h3-6,8,10-11,14H,7,12H2,1-2H3. The van der Waals surface area contributed by atoms with Crippen molar-refractivity contribution in [2.24, 2.45) is 17.6 Å². The van der Waals surface area contributed by atoms with E-state index >= 15 is 0 Å². The molecule has 2 atom stereocenters. The second-order valence-corrected chi connectivity index (χ2v) is 3.90. The molecule has 0 amide bonds. The molecule has 1 aromatic rings. The highest BCUT2D eigenvalue weighted by atomic mass is 16.3. The summed E-state index contributed by atoms with van der Waals surface area (Å²) < 4.78 is 0. The lowest BCUT2D eigenvalue weighted by Crippen LogP contribution is -2.28. The summed E-state index contributed by atoms with van der Waals surface area (Å²) in [6.45, 7) is 4.27. The highest BCUT2D eigenvalue weighted by molar-refractivity contribution is 5.15. The Morgan fingerprint density at radius 2 is 1.93 bits per heavy atom. The van der Waals surface area contributed by atoms with Gasteiger partial charge >= 0.3 is 0 Å². The summed E-state index contributed by atoms with van der Waals surface area (Å²) in [7, 11) is 0. The highest BCUT2D eigenvalue weighted by Crippen LogP contribution is 2.24. The van der Waals surface area contributed by atoms with E-state index in [1.165, 1.54) is 0 Å². The lowest BCUT2D eigenvalue weighted by atomic mass is 9.86. The second-order valence-electron chi connectivity index (χ2n) is 3.90. The third-order valence-electron chi connectivity index (χ3n) is 2.62. The highest BCUT2D eigenvalue weighted by Gasteiger charge is 2.21. The van der Waals surface area contributed by atoms with Crippen LogP contribution in [0.4, 0.5) is 0 Å². The Morgan fingerprint density at radius 3 is 2.36 bits per heavy atom. The van der Waals surface area contributed by atoms with Crippen LogP contribution in [0, 0.1) is 11.8 Å². The topological polar surface area (TPSA) is 59.1 Å². The fraction of sp³-hybridized carbons (Fsp3) is 0.545. The van der Waals surface area contributed by atoms with Crippen molar-refractivity contribution in [3.05, 3.63) is 30.1 Å². The van der Waals surface area contributed by atoms with Crippen LogP contribution < -0.4 is 5.73 Å². The van der Waals surface area contributed by atoms with E-state index in [2.05, 4.69) is 18.8 Å². The number of rotatable bonds is 4. The van der Waals surface area contributed by atoms with Crippen molar-refractivity contribution < 1.29 is 5.11 Å². The monoisotopic (exact) mass is 194 g/mol. The van der Waals surface area contributed by atoms with E-state index in [4.69, 9.17) is 5.73 Å². The van der Waals surface area contributed by atoms with Gasteiger partial charge in [-0.3, -0.25) is 4.98 Å². The first-order valence-electron chi connectivity index (χ1n) is 4.93. The molecule has 1 aromatic heterocycles. The molecule has 3 N–H and O–H groups in total. The zero-order valence-electron chi connectivity index (χ0n) is 8.72. The van der Waals surface area contributed by atoms with Crippen LogP contribution in [-0.2, 0) is 0 Å². The van der Waals surface area contributed by atoms with Gasteiger partial charge in [-0.05, 0) is 23.6 Å². The molecule has 0 spiro atoms. The lowest BCUT2D eigenvalue weighted by Gasteiger charge is -2.25.